The second-order valence-electron chi connectivity index (χ2n) is 4.75. The molecule has 0 heterocycles. The molecular weight excluding hydrogens is 246 g/mol. The molecular formula is C12H14F2O4. The van der Waals surface area contributed by atoms with Crippen molar-refractivity contribution in [2.24, 2.45) is 5.41 Å². The van der Waals surface area contributed by atoms with Gasteiger partial charge in [0, 0.05) is 12.0 Å². The maximum Gasteiger partial charge on any atom is 0.331 e. The average molecular weight is 260 g/mol. The van der Waals surface area contributed by atoms with Gasteiger partial charge in [-0.05, 0) is 25.8 Å². The van der Waals surface area contributed by atoms with E-state index in [1.807, 2.05) is 0 Å². The van der Waals surface area contributed by atoms with Gasteiger partial charge in [-0.1, -0.05) is 12.2 Å². The lowest BCUT2D eigenvalue weighted by molar-refractivity contribution is -0.146. The molecule has 0 aliphatic heterocycles. The minimum atomic E-state index is -3.03. The van der Waals surface area contributed by atoms with Crippen LogP contribution in [0.1, 0.15) is 26.7 Å². The minimum Gasteiger partial charge on any atom is -0.481 e. The summed E-state index contributed by atoms with van der Waals surface area (Å²) >= 11 is 0. The second-order valence-corrected chi connectivity index (χ2v) is 4.75. The molecule has 0 aromatic heterocycles. The first-order valence-corrected chi connectivity index (χ1v) is 5.31. The highest BCUT2D eigenvalue weighted by atomic mass is 19.3. The number of carboxylic acid groups (broad SMARTS) is 2. The van der Waals surface area contributed by atoms with Gasteiger partial charge in [0.15, 0.2) is 0 Å². The van der Waals surface area contributed by atoms with Crippen molar-refractivity contribution in [3.8, 4) is 0 Å². The Balaban J connectivity index is 3.17. The van der Waals surface area contributed by atoms with E-state index in [-0.39, 0.29) is 17.6 Å². The third kappa shape index (κ3) is 2.94. The molecule has 0 saturated heterocycles. The fourth-order valence-electron chi connectivity index (χ4n) is 1.89. The molecule has 18 heavy (non-hydrogen) atoms. The predicted octanol–water partition coefficient (Wildman–Crippen LogP) is 2.46. The summed E-state index contributed by atoms with van der Waals surface area (Å²) in [7, 11) is 0. The van der Waals surface area contributed by atoms with E-state index in [1.165, 1.54) is 19.1 Å². The number of carboxylic acids is 2. The van der Waals surface area contributed by atoms with Crippen molar-refractivity contribution < 1.29 is 28.6 Å². The molecule has 0 amide bonds. The van der Waals surface area contributed by atoms with Gasteiger partial charge in [-0.25, -0.2) is 13.6 Å². The standard InChI is InChI=1S/C12H14F2O4/c1-11(10(17)18)5-7(9(15)16)3-4-8(11)6-12(2,13)14/h3-4H,5-6H2,1-2H3,(H,15,16)(H,17,18). The maximum atomic E-state index is 13.0. The first-order valence-electron chi connectivity index (χ1n) is 5.31. The molecule has 2 N–H and O–H groups in total. The highest BCUT2D eigenvalue weighted by Crippen LogP contribution is 2.42. The van der Waals surface area contributed by atoms with Crippen molar-refractivity contribution in [3.63, 3.8) is 0 Å². The summed E-state index contributed by atoms with van der Waals surface area (Å²) in [5, 5.41) is 18.0. The van der Waals surface area contributed by atoms with E-state index < -0.39 is 29.7 Å². The molecule has 1 atom stereocenters. The summed E-state index contributed by atoms with van der Waals surface area (Å²) in [6, 6.07) is 0. The van der Waals surface area contributed by atoms with E-state index >= 15 is 0 Å². The van der Waals surface area contributed by atoms with E-state index in [0.717, 1.165) is 0 Å². The van der Waals surface area contributed by atoms with Gasteiger partial charge in [-0.15, -0.1) is 0 Å². The molecule has 1 unspecified atom stereocenters. The smallest absolute Gasteiger partial charge is 0.331 e. The van der Waals surface area contributed by atoms with Crippen molar-refractivity contribution in [1.82, 2.24) is 0 Å². The summed E-state index contributed by atoms with van der Waals surface area (Å²) in [4.78, 5) is 22.1. The van der Waals surface area contributed by atoms with E-state index in [9.17, 15) is 18.4 Å². The zero-order valence-electron chi connectivity index (χ0n) is 10.0. The van der Waals surface area contributed by atoms with Crippen molar-refractivity contribution in [1.29, 1.82) is 0 Å². The summed E-state index contributed by atoms with van der Waals surface area (Å²) in [6.45, 7) is 1.97. The lowest BCUT2D eigenvalue weighted by atomic mass is 9.72. The van der Waals surface area contributed by atoms with Crippen molar-refractivity contribution >= 4 is 11.9 Å². The summed E-state index contributed by atoms with van der Waals surface area (Å²) < 4.78 is 26.0. The number of allylic oxidation sites excluding steroid dienone is 2. The van der Waals surface area contributed by atoms with E-state index in [0.29, 0.717) is 6.92 Å². The number of halogens is 2. The number of aliphatic carboxylic acids is 2. The fraction of sp³-hybridized carbons (Fsp3) is 0.500. The first kappa shape index (κ1) is 14.3. The Morgan fingerprint density at radius 1 is 1.39 bits per heavy atom. The van der Waals surface area contributed by atoms with Gasteiger partial charge in [0.25, 0.3) is 0 Å². The van der Waals surface area contributed by atoms with Gasteiger partial charge < -0.3 is 10.2 Å². The highest BCUT2D eigenvalue weighted by molar-refractivity contribution is 5.90. The molecule has 6 heteroatoms. The quantitative estimate of drug-likeness (QED) is 0.814. The van der Waals surface area contributed by atoms with Gasteiger partial charge in [0.05, 0.1) is 5.41 Å². The minimum absolute atomic E-state index is 0.0347. The van der Waals surface area contributed by atoms with Crippen LogP contribution in [0, 0.1) is 5.41 Å². The van der Waals surface area contributed by atoms with Gasteiger partial charge in [-0.3, -0.25) is 4.79 Å². The molecule has 100 valence electrons. The maximum absolute atomic E-state index is 13.0. The summed E-state index contributed by atoms with van der Waals surface area (Å²) in [6.07, 6.45) is 1.38. The Bertz CT molecular complexity index is 445. The van der Waals surface area contributed by atoms with Crippen molar-refractivity contribution in [2.45, 2.75) is 32.6 Å². The average Bonchev–Trinajstić information content (AvgIpc) is 2.18. The molecule has 0 bridgehead atoms. The zero-order valence-corrected chi connectivity index (χ0v) is 10.0. The SMILES string of the molecule is CC(F)(F)CC1=CC=C(C(=O)O)CC1(C)C(=O)O. The number of hydrogen-bond acceptors (Lipinski definition) is 2. The van der Waals surface area contributed by atoms with Crippen LogP contribution in [0.2, 0.25) is 0 Å². The largest absolute Gasteiger partial charge is 0.481 e. The summed E-state index contributed by atoms with van der Waals surface area (Å²) in [5.74, 6) is -5.57. The Hall–Kier alpha value is -1.72. The molecule has 0 spiro atoms. The first-order chi connectivity index (χ1) is 8.06. The molecule has 1 aliphatic carbocycles. The van der Waals surface area contributed by atoms with Crippen LogP contribution >= 0.6 is 0 Å². The molecule has 1 aliphatic rings. The zero-order chi connectivity index (χ0) is 14.1. The van der Waals surface area contributed by atoms with Gasteiger partial charge >= 0.3 is 11.9 Å². The lowest BCUT2D eigenvalue weighted by Gasteiger charge is -2.32. The predicted molar refractivity (Wildman–Crippen MR) is 59.4 cm³/mol. The van der Waals surface area contributed by atoms with Gasteiger partial charge in [-0.2, -0.15) is 0 Å². The van der Waals surface area contributed by atoms with Crippen LogP contribution in [0.15, 0.2) is 23.3 Å². The Labute approximate surface area is 103 Å². The van der Waals surface area contributed by atoms with Crippen LogP contribution in [0.5, 0.6) is 0 Å². The molecule has 0 saturated carbocycles. The number of rotatable bonds is 4. The second kappa shape index (κ2) is 4.51. The Morgan fingerprint density at radius 2 is 1.94 bits per heavy atom. The van der Waals surface area contributed by atoms with Crippen LogP contribution in [0.4, 0.5) is 8.78 Å². The van der Waals surface area contributed by atoms with E-state index in [4.69, 9.17) is 10.2 Å². The molecule has 1 rings (SSSR count). The lowest BCUT2D eigenvalue weighted by Crippen LogP contribution is -2.35. The van der Waals surface area contributed by atoms with Gasteiger partial charge in [0.2, 0.25) is 5.92 Å². The van der Waals surface area contributed by atoms with Crippen LogP contribution < -0.4 is 0 Å². The molecule has 0 aromatic rings. The van der Waals surface area contributed by atoms with E-state index in [1.54, 1.807) is 0 Å². The van der Waals surface area contributed by atoms with Crippen LogP contribution in [-0.4, -0.2) is 28.1 Å². The Morgan fingerprint density at radius 3 is 2.33 bits per heavy atom. The Kier molecular flexibility index (Phi) is 3.59. The molecule has 4 nitrogen and oxygen atoms in total. The van der Waals surface area contributed by atoms with Crippen LogP contribution in [0.25, 0.3) is 0 Å². The fourth-order valence-corrected chi connectivity index (χ4v) is 1.89. The molecule has 0 aromatic carbocycles. The topological polar surface area (TPSA) is 74.6 Å². The van der Waals surface area contributed by atoms with Crippen LogP contribution in [0.3, 0.4) is 0 Å². The molecule has 0 fully saturated rings. The highest BCUT2D eigenvalue weighted by Gasteiger charge is 2.43. The number of alkyl halides is 2. The molecule has 0 radical (unpaired) electrons. The van der Waals surface area contributed by atoms with Crippen LogP contribution in [-0.2, 0) is 9.59 Å². The number of hydrogen-bond donors (Lipinski definition) is 2. The normalized spacial score (nSPS) is 24.2. The van der Waals surface area contributed by atoms with Crippen molar-refractivity contribution in [3.05, 3.63) is 23.3 Å². The van der Waals surface area contributed by atoms with Gasteiger partial charge in [0.1, 0.15) is 0 Å². The third-order valence-electron chi connectivity index (χ3n) is 2.99. The van der Waals surface area contributed by atoms with Crippen molar-refractivity contribution in [2.75, 3.05) is 0 Å². The third-order valence-corrected chi connectivity index (χ3v) is 2.99. The van der Waals surface area contributed by atoms with E-state index in [2.05, 4.69) is 0 Å². The number of carbonyl (C=O) groups is 2. The monoisotopic (exact) mass is 260 g/mol. The summed E-state index contributed by atoms with van der Waals surface area (Å²) in [5.41, 5.74) is -1.65.